The predicted octanol–water partition coefficient (Wildman–Crippen LogP) is 5.29. The van der Waals surface area contributed by atoms with Gasteiger partial charge in [-0.3, -0.25) is 4.79 Å². The van der Waals surface area contributed by atoms with E-state index in [1.807, 2.05) is 42.5 Å². The summed E-state index contributed by atoms with van der Waals surface area (Å²) in [6, 6.07) is 18.8. The Morgan fingerprint density at radius 1 is 1.03 bits per heavy atom. The summed E-state index contributed by atoms with van der Waals surface area (Å²) in [5.74, 6) is 0.553. The molecule has 1 heterocycles. The fourth-order valence-corrected chi connectivity index (χ4v) is 3.80. The lowest BCUT2D eigenvalue weighted by Crippen LogP contribution is -2.18. The number of fused-ring (bicyclic) bond motifs is 1. The highest BCUT2D eigenvalue weighted by Crippen LogP contribution is 2.30. The Balaban J connectivity index is 1.42. The molecule has 1 amide bonds. The van der Waals surface area contributed by atoms with Crippen molar-refractivity contribution in [1.82, 2.24) is 5.43 Å². The molecule has 0 unspecified atom stereocenters. The van der Waals surface area contributed by atoms with Crippen molar-refractivity contribution in [3.8, 4) is 5.75 Å². The Morgan fingerprint density at radius 3 is 2.53 bits per heavy atom. The third-order valence-corrected chi connectivity index (χ3v) is 5.52. The van der Waals surface area contributed by atoms with Gasteiger partial charge in [-0.25, -0.2) is 5.43 Å². The average molecular weight is 440 g/mol. The number of hydrogen-bond acceptors (Lipinski definition) is 4. The van der Waals surface area contributed by atoms with Crippen LogP contribution < -0.4 is 15.1 Å². The van der Waals surface area contributed by atoms with Crippen LogP contribution in [0.4, 0.5) is 5.69 Å². The minimum Gasteiger partial charge on any atom is -0.497 e. The molecule has 3 aromatic carbocycles. The third-order valence-electron chi connectivity index (χ3n) is 4.96. The number of ether oxygens (including phenoxy) is 1. The molecule has 30 heavy (non-hydrogen) atoms. The molecule has 3 aromatic rings. The molecule has 0 aromatic heterocycles. The van der Waals surface area contributed by atoms with Crippen molar-refractivity contribution in [3.05, 3.63) is 93.0 Å². The first-order valence-electron chi connectivity index (χ1n) is 9.33. The summed E-state index contributed by atoms with van der Waals surface area (Å²) in [5, 5.41) is 5.02. The minimum atomic E-state index is -0.276. The summed E-state index contributed by atoms with van der Waals surface area (Å²) >= 11 is 12.0. The quantitative estimate of drug-likeness (QED) is 0.434. The highest BCUT2D eigenvalue weighted by atomic mass is 35.5. The van der Waals surface area contributed by atoms with Crippen LogP contribution in [0, 0.1) is 0 Å². The van der Waals surface area contributed by atoms with Gasteiger partial charge < -0.3 is 9.64 Å². The van der Waals surface area contributed by atoms with Crippen molar-refractivity contribution in [2.75, 3.05) is 12.0 Å². The average Bonchev–Trinajstić information content (AvgIpc) is 3.18. The fraction of sp³-hybridized carbons (Fsp3) is 0.130. The highest BCUT2D eigenvalue weighted by molar-refractivity contribution is 6.36. The van der Waals surface area contributed by atoms with Crippen LogP contribution in [0.5, 0.6) is 5.75 Å². The van der Waals surface area contributed by atoms with Gasteiger partial charge in [-0.15, -0.1) is 0 Å². The molecular formula is C23H19Cl2N3O2. The van der Waals surface area contributed by atoms with Gasteiger partial charge in [0.15, 0.2) is 0 Å². The van der Waals surface area contributed by atoms with Crippen LogP contribution in [0.2, 0.25) is 10.0 Å². The Kier molecular flexibility index (Phi) is 5.93. The first-order valence-corrected chi connectivity index (χ1v) is 10.1. The highest BCUT2D eigenvalue weighted by Gasteiger charge is 2.20. The molecule has 0 saturated carbocycles. The second-order valence-electron chi connectivity index (χ2n) is 6.90. The lowest BCUT2D eigenvalue weighted by molar-refractivity contribution is 0.0955. The Labute approximate surface area is 184 Å². The van der Waals surface area contributed by atoms with E-state index in [0.717, 1.165) is 30.1 Å². The third kappa shape index (κ3) is 4.42. The number of halogens is 2. The van der Waals surface area contributed by atoms with E-state index >= 15 is 0 Å². The first-order chi connectivity index (χ1) is 14.5. The fourth-order valence-electron chi connectivity index (χ4n) is 3.34. The molecule has 152 valence electrons. The normalized spacial score (nSPS) is 12.8. The lowest BCUT2D eigenvalue weighted by atomic mass is 10.1. The van der Waals surface area contributed by atoms with Crippen molar-refractivity contribution in [3.63, 3.8) is 0 Å². The van der Waals surface area contributed by atoms with Crippen LogP contribution in [0.3, 0.4) is 0 Å². The minimum absolute atomic E-state index is 0.276. The van der Waals surface area contributed by atoms with Gasteiger partial charge in [0.05, 0.1) is 18.3 Å². The van der Waals surface area contributed by atoms with E-state index in [1.165, 1.54) is 11.8 Å². The Hall–Kier alpha value is -3.02. The SMILES string of the molecule is COc1ccc(N2Cc3ccc(C(=O)N/N=C\c4ccc(Cl)cc4Cl)cc3C2)cc1. The van der Waals surface area contributed by atoms with Gasteiger partial charge in [0.25, 0.3) is 5.91 Å². The molecule has 0 saturated heterocycles. The molecule has 0 aliphatic carbocycles. The Morgan fingerprint density at radius 2 is 1.80 bits per heavy atom. The number of rotatable bonds is 5. The van der Waals surface area contributed by atoms with Gasteiger partial charge in [-0.1, -0.05) is 35.3 Å². The van der Waals surface area contributed by atoms with Gasteiger partial charge in [0.1, 0.15) is 5.75 Å². The zero-order chi connectivity index (χ0) is 21.1. The van der Waals surface area contributed by atoms with Crippen molar-refractivity contribution in [2.24, 2.45) is 5.10 Å². The molecule has 0 spiro atoms. The topological polar surface area (TPSA) is 53.9 Å². The summed E-state index contributed by atoms with van der Waals surface area (Å²) in [5.41, 5.74) is 7.23. The number of nitrogens with zero attached hydrogens (tertiary/aromatic N) is 2. The maximum absolute atomic E-state index is 12.5. The summed E-state index contributed by atoms with van der Waals surface area (Å²) < 4.78 is 5.22. The number of carbonyl (C=O) groups is 1. The number of hydrogen-bond donors (Lipinski definition) is 1. The van der Waals surface area contributed by atoms with Crippen molar-refractivity contribution in [1.29, 1.82) is 0 Å². The van der Waals surface area contributed by atoms with E-state index in [1.54, 1.807) is 25.3 Å². The van der Waals surface area contributed by atoms with E-state index < -0.39 is 0 Å². The maximum atomic E-state index is 12.5. The van der Waals surface area contributed by atoms with E-state index in [4.69, 9.17) is 27.9 Å². The zero-order valence-corrected chi connectivity index (χ0v) is 17.7. The van der Waals surface area contributed by atoms with Crippen LogP contribution in [-0.4, -0.2) is 19.2 Å². The number of amides is 1. The number of nitrogens with one attached hydrogen (secondary N) is 1. The Bertz CT molecular complexity index is 1110. The molecule has 4 rings (SSSR count). The maximum Gasteiger partial charge on any atom is 0.271 e. The van der Waals surface area contributed by atoms with Crippen LogP contribution in [-0.2, 0) is 13.1 Å². The van der Waals surface area contributed by atoms with Crippen molar-refractivity contribution < 1.29 is 9.53 Å². The van der Waals surface area contributed by atoms with Crippen molar-refractivity contribution in [2.45, 2.75) is 13.1 Å². The molecule has 1 aliphatic rings. The van der Waals surface area contributed by atoms with E-state index in [-0.39, 0.29) is 5.91 Å². The molecule has 0 atom stereocenters. The van der Waals surface area contributed by atoms with Gasteiger partial charge >= 0.3 is 0 Å². The van der Waals surface area contributed by atoms with Crippen LogP contribution in [0.1, 0.15) is 27.0 Å². The largest absolute Gasteiger partial charge is 0.497 e. The van der Waals surface area contributed by atoms with Gasteiger partial charge in [-0.2, -0.15) is 5.10 Å². The van der Waals surface area contributed by atoms with Gasteiger partial charge in [0, 0.05) is 34.9 Å². The van der Waals surface area contributed by atoms with E-state index in [0.29, 0.717) is 21.2 Å². The second-order valence-corrected chi connectivity index (χ2v) is 7.75. The second kappa shape index (κ2) is 8.78. The van der Waals surface area contributed by atoms with Crippen LogP contribution in [0.15, 0.2) is 65.8 Å². The summed E-state index contributed by atoms with van der Waals surface area (Å²) in [4.78, 5) is 14.7. The summed E-state index contributed by atoms with van der Waals surface area (Å²) in [6.07, 6.45) is 1.50. The number of methoxy groups -OCH3 is 1. The molecular weight excluding hydrogens is 421 g/mol. The smallest absolute Gasteiger partial charge is 0.271 e. The first kappa shape index (κ1) is 20.3. The molecule has 1 N–H and O–H groups in total. The zero-order valence-electron chi connectivity index (χ0n) is 16.2. The van der Waals surface area contributed by atoms with Crippen LogP contribution >= 0.6 is 23.2 Å². The summed E-state index contributed by atoms with van der Waals surface area (Å²) in [7, 11) is 1.65. The lowest BCUT2D eigenvalue weighted by Gasteiger charge is -2.17. The molecule has 7 heteroatoms. The van der Waals surface area contributed by atoms with E-state index in [9.17, 15) is 4.79 Å². The van der Waals surface area contributed by atoms with Gasteiger partial charge in [0.2, 0.25) is 0 Å². The molecule has 1 aliphatic heterocycles. The summed E-state index contributed by atoms with van der Waals surface area (Å²) in [6.45, 7) is 1.54. The molecule has 0 fully saturated rings. The van der Waals surface area contributed by atoms with E-state index in [2.05, 4.69) is 15.4 Å². The van der Waals surface area contributed by atoms with Crippen molar-refractivity contribution >= 4 is 41.0 Å². The van der Waals surface area contributed by atoms with Gasteiger partial charge in [-0.05, 0) is 59.7 Å². The standard InChI is InChI=1S/C23H19Cl2N3O2/c1-30-21-8-6-20(7-9-21)28-13-17-3-2-15(10-18(17)14-28)23(29)27-26-12-16-4-5-19(24)11-22(16)25/h2-12H,13-14H2,1H3,(H,27,29)/b26-12-. The monoisotopic (exact) mass is 439 g/mol. The molecule has 0 bridgehead atoms. The number of carbonyl (C=O) groups excluding carboxylic acids is 1. The number of benzene rings is 3. The number of anilines is 1. The number of hydrazone groups is 1. The predicted molar refractivity (Wildman–Crippen MR) is 121 cm³/mol. The van der Waals surface area contributed by atoms with Crippen LogP contribution in [0.25, 0.3) is 0 Å². The molecule has 5 nitrogen and oxygen atoms in total. The molecule has 0 radical (unpaired) electrons.